The molecule has 22 heavy (non-hydrogen) atoms. The van der Waals surface area contributed by atoms with Gasteiger partial charge in [-0.2, -0.15) is 0 Å². The molecule has 0 atom stereocenters. The zero-order valence-corrected chi connectivity index (χ0v) is 18.8. The van der Waals surface area contributed by atoms with Crippen molar-refractivity contribution in [3.8, 4) is 0 Å². The SMILES string of the molecule is CC(C)(C)[Si](O)(O)C(C)(C)C.CC(C)(C)[Si](O)(O)C(C)(C)C. The molecule has 0 aromatic heterocycles. The number of hydrogen-bond donors (Lipinski definition) is 4. The van der Waals surface area contributed by atoms with E-state index in [0.717, 1.165) is 0 Å². The van der Waals surface area contributed by atoms with Crippen LogP contribution in [-0.4, -0.2) is 36.3 Å². The molecule has 4 N–H and O–H groups in total. The Morgan fingerprint density at radius 1 is 0.364 bits per heavy atom. The van der Waals surface area contributed by atoms with Crippen molar-refractivity contribution in [2.45, 2.75) is 103 Å². The van der Waals surface area contributed by atoms with Crippen LogP contribution in [0.3, 0.4) is 0 Å². The molecular weight excluding hydrogens is 312 g/mol. The largest absolute Gasteiger partial charge is 0.410 e. The fraction of sp³-hybridized carbons (Fsp3) is 1.00. The molecule has 0 aliphatic carbocycles. The highest BCUT2D eigenvalue weighted by molar-refractivity contribution is 6.71. The van der Waals surface area contributed by atoms with Crippen LogP contribution in [0.4, 0.5) is 0 Å². The van der Waals surface area contributed by atoms with Crippen molar-refractivity contribution in [1.82, 2.24) is 0 Å². The quantitative estimate of drug-likeness (QED) is 0.496. The molecule has 0 saturated heterocycles. The van der Waals surface area contributed by atoms with E-state index in [2.05, 4.69) is 0 Å². The fourth-order valence-electron chi connectivity index (χ4n) is 2.25. The van der Waals surface area contributed by atoms with E-state index in [1.165, 1.54) is 0 Å². The molecule has 4 nitrogen and oxygen atoms in total. The molecule has 0 rings (SSSR count). The van der Waals surface area contributed by atoms with Crippen molar-refractivity contribution in [2.24, 2.45) is 0 Å². The van der Waals surface area contributed by atoms with Crippen molar-refractivity contribution in [3.05, 3.63) is 0 Å². The van der Waals surface area contributed by atoms with Crippen molar-refractivity contribution in [2.75, 3.05) is 0 Å². The normalized spacial score (nSPS) is 15.3. The monoisotopic (exact) mass is 352 g/mol. The van der Waals surface area contributed by atoms with E-state index < -0.39 is 17.1 Å². The van der Waals surface area contributed by atoms with Crippen LogP contribution < -0.4 is 0 Å². The summed E-state index contributed by atoms with van der Waals surface area (Å²) in [6.45, 7) is 22.6. The minimum Gasteiger partial charge on any atom is -0.410 e. The summed E-state index contributed by atoms with van der Waals surface area (Å²) in [7, 11) is -6.21. The number of rotatable bonds is 0. The lowest BCUT2D eigenvalue weighted by Gasteiger charge is -2.41. The maximum absolute atomic E-state index is 9.88. The van der Waals surface area contributed by atoms with Crippen LogP contribution in [0.15, 0.2) is 0 Å². The van der Waals surface area contributed by atoms with Crippen LogP contribution in [0.1, 0.15) is 83.1 Å². The highest BCUT2D eigenvalue weighted by Gasteiger charge is 2.53. The van der Waals surface area contributed by atoms with Crippen LogP contribution in [0.5, 0.6) is 0 Å². The zero-order valence-electron chi connectivity index (χ0n) is 16.8. The Morgan fingerprint density at radius 2 is 0.455 bits per heavy atom. The third-order valence-corrected chi connectivity index (χ3v) is 12.5. The maximum Gasteiger partial charge on any atom is 0.343 e. The Morgan fingerprint density at radius 3 is 0.455 bits per heavy atom. The summed E-state index contributed by atoms with van der Waals surface area (Å²) in [5, 5.41) is -1.48. The molecule has 0 radical (unpaired) electrons. The van der Waals surface area contributed by atoms with Crippen LogP contribution in [0.25, 0.3) is 0 Å². The lowest BCUT2D eigenvalue weighted by Crippen LogP contribution is -2.52. The number of hydrogen-bond acceptors (Lipinski definition) is 4. The molecule has 0 saturated carbocycles. The van der Waals surface area contributed by atoms with Crippen molar-refractivity contribution < 1.29 is 19.2 Å². The lowest BCUT2D eigenvalue weighted by molar-refractivity contribution is 0.272. The molecule has 0 aliphatic heterocycles. The van der Waals surface area contributed by atoms with Crippen molar-refractivity contribution in [1.29, 1.82) is 0 Å². The van der Waals surface area contributed by atoms with E-state index in [1.807, 2.05) is 83.1 Å². The summed E-state index contributed by atoms with van der Waals surface area (Å²) in [4.78, 5) is 39.5. The van der Waals surface area contributed by atoms with Gasteiger partial charge in [0.1, 0.15) is 0 Å². The predicted octanol–water partition coefficient (Wildman–Crippen LogP) is 4.03. The van der Waals surface area contributed by atoms with Gasteiger partial charge in [0.25, 0.3) is 0 Å². The van der Waals surface area contributed by atoms with Gasteiger partial charge in [-0.3, -0.25) is 0 Å². The van der Waals surface area contributed by atoms with Gasteiger partial charge in [-0.1, -0.05) is 83.1 Å². The van der Waals surface area contributed by atoms with Gasteiger partial charge in [-0.05, 0) is 0 Å². The minimum atomic E-state index is -3.11. The second kappa shape index (κ2) is 6.65. The highest BCUT2D eigenvalue weighted by Crippen LogP contribution is 2.47. The van der Waals surface area contributed by atoms with E-state index in [9.17, 15) is 19.2 Å². The molecular formula is C16H40O4Si2. The van der Waals surface area contributed by atoms with Gasteiger partial charge in [0, 0.05) is 20.2 Å². The molecule has 136 valence electrons. The molecule has 6 heteroatoms. The molecule has 0 heterocycles. The van der Waals surface area contributed by atoms with E-state index in [0.29, 0.717) is 0 Å². The molecule has 0 unspecified atom stereocenters. The van der Waals surface area contributed by atoms with Gasteiger partial charge in [0.15, 0.2) is 0 Å². The maximum atomic E-state index is 9.88. The standard InChI is InChI=1S/2C8H20O2Si/c2*1-7(2,3)11(9,10)8(4,5)6/h2*9-10H,1-6H3. The second-order valence-electron chi connectivity index (χ2n) is 10.3. The fourth-order valence-corrected chi connectivity index (χ4v) is 6.75. The lowest BCUT2D eigenvalue weighted by atomic mass is 10.2. The summed E-state index contributed by atoms with van der Waals surface area (Å²) in [5.74, 6) is 0. The molecule has 0 aromatic rings. The molecule has 0 aliphatic rings. The van der Waals surface area contributed by atoms with E-state index in [-0.39, 0.29) is 20.2 Å². The molecule has 0 bridgehead atoms. The highest BCUT2D eigenvalue weighted by atomic mass is 28.4. The van der Waals surface area contributed by atoms with Gasteiger partial charge in [0.2, 0.25) is 0 Å². The first-order valence-electron chi connectivity index (χ1n) is 7.89. The van der Waals surface area contributed by atoms with E-state index in [1.54, 1.807) is 0 Å². The molecule has 0 spiro atoms. The first kappa shape index (κ1) is 24.5. The molecule has 0 aromatic carbocycles. The molecule has 0 amide bonds. The molecule has 0 fully saturated rings. The summed E-state index contributed by atoms with van der Waals surface area (Å²) in [5.41, 5.74) is 0. The summed E-state index contributed by atoms with van der Waals surface area (Å²) in [6, 6.07) is 0. The first-order chi connectivity index (χ1) is 9.00. The van der Waals surface area contributed by atoms with Crippen molar-refractivity contribution in [3.63, 3.8) is 0 Å². The van der Waals surface area contributed by atoms with Gasteiger partial charge in [-0.25, -0.2) is 0 Å². The third kappa shape index (κ3) is 5.72. The van der Waals surface area contributed by atoms with Gasteiger partial charge >= 0.3 is 17.1 Å². The third-order valence-electron chi connectivity index (χ3n) is 4.18. The Hall–Kier alpha value is 0.274. The summed E-state index contributed by atoms with van der Waals surface area (Å²) < 4.78 is 0. The van der Waals surface area contributed by atoms with Crippen LogP contribution in [0.2, 0.25) is 20.2 Å². The average molecular weight is 353 g/mol. The topological polar surface area (TPSA) is 80.9 Å². The Balaban J connectivity index is 0. The van der Waals surface area contributed by atoms with Gasteiger partial charge in [-0.15, -0.1) is 0 Å². The van der Waals surface area contributed by atoms with Crippen LogP contribution in [-0.2, 0) is 0 Å². The van der Waals surface area contributed by atoms with Crippen LogP contribution in [0, 0.1) is 0 Å². The Kier molecular flexibility index (Phi) is 7.41. The van der Waals surface area contributed by atoms with E-state index in [4.69, 9.17) is 0 Å². The smallest absolute Gasteiger partial charge is 0.343 e. The summed E-state index contributed by atoms with van der Waals surface area (Å²) >= 11 is 0. The van der Waals surface area contributed by atoms with E-state index >= 15 is 0 Å². The average Bonchev–Trinajstić information content (AvgIpc) is 2.10. The zero-order chi connectivity index (χ0) is 19.0. The Labute approximate surface area is 140 Å². The van der Waals surface area contributed by atoms with Gasteiger partial charge < -0.3 is 19.2 Å². The second-order valence-corrected chi connectivity index (χ2v) is 19.0. The first-order valence-corrected chi connectivity index (χ1v) is 11.7. The Bertz CT molecular complexity index is 282. The van der Waals surface area contributed by atoms with Crippen molar-refractivity contribution >= 4 is 17.1 Å². The predicted molar refractivity (Wildman–Crippen MR) is 99.2 cm³/mol. The minimum absolute atomic E-state index is 0.370. The summed E-state index contributed by atoms with van der Waals surface area (Å²) in [6.07, 6.45) is 0. The van der Waals surface area contributed by atoms with Crippen LogP contribution >= 0.6 is 0 Å². The van der Waals surface area contributed by atoms with Gasteiger partial charge in [0.05, 0.1) is 0 Å².